The lowest BCUT2D eigenvalue weighted by Gasteiger charge is -2.09. The van der Waals surface area contributed by atoms with Gasteiger partial charge in [0.05, 0.1) is 22.8 Å². The second-order valence-corrected chi connectivity index (χ2v) is 5.76. The highest BCUT2D eigenvalue weighted by Crippen LogP contribution is 2.20. The van der Waals surface area contributed by atoms with E-state index in [1.807, 2.05) is 59.3 Å². The molecule has 0 spiro atoms. The van der Waals surface area contributed by atoms with Crippen molar-refractivity contribution in [2.24, 2.45) is 4.99 Å². The van der Waals surface area contributed by atoms with E-state index in [0.717, 1.165) is 16.9 Å². The van der Waals surface area contributed by atoms with Gasteiger partial charge < -0.3 is 4.74 Å². The van der Waals surface area contributed by atoms with Crippen LogP contribution in [-0.4, -0.2) is 18.2 Å². The standard InChI is InChI=1S/C16H16FIN2O2/c1-10-3-8-13(14(17)15(10)18)16(20-21)19-9-11-4-6-12(22-2)7-5-11/h3-8,21H,9H2,1-2H3,(H,19,20). The van der Waals surface area contributed by atoms with E-state index in [-0.39, 0.29) is 11.4 Å². The highest BCUT2D eigenvalue weighted by molar-refractivity contribution is 14.1. The highest BCUT2D eigenvalue weighted by atomic mass is 127. The fourth-order valence-electron chi connectivity index (χ4n) is 1.91. The second kappa shape index (κ2) is 7.55. The second-order valence-electron chi connectivity index (χ2n) is 4.68. The van der Waals surface area contributed by atoms with Gasteiger partial charge in [-0.1, -0.05) is 18.2 Å². The smallest absolute Gasteiger partial charge is 0.155 e. The van der Waals surface area contributed by atoms with Crippen molar-refractivity contribution in [3.05, 3.63) is 62.5 Å². The van der Waals surface area contributed by atoms with Crippen LogP contribution in [0.15, 0.2) is 41.4 Å². The Bertz CT molecular complexity index is 687. The monoisotopic (exact) mass is 414 g/mol. The van der Waals surface area contributed by atoms with Gasteiger partial charge in [-0.05, 0) is 58.8 Å². The van der Waals surface area contributed by atoms with E-state index in [1.54, 1.807) is 19.2 Å². The zero-order valence-corrected chi connectivity index (χ0v) is 14.4. The molecule has 2 aromatic rings. The quantitative estimate of drug-likeness (QED) is 0.348. The molecule has 0 heterocycles. The number of methoxy groups -OCH3 is 1. The average molecular weight is 414 g/mol. The lowest BCUT2D eigenvalue weighted by Crippen LogP contribution is -2.22. The molecule has 0 unspecified atom stereocenters. The first-order valence-electron chi connectivity index (χ1n) is 6.59. The maximum atomic E-state index is 14.3. The number of aryl methyl sites for hydroxylation is 1. The number of amidine groups is 1. The number of rotatable bonds is 4. The third kappa shape index (κ3) is 3.75. The lowest BCUT2D eigenvalue weighted by molar-refractivity contribution is 0.234. The Labute approximate surface area is 142 Å². The van der Waals surface area contributed by atoms with E-state index < -0.39 is 5.82 Å². The third-order valence-electron chi connectivity index (χ3n) is 3.22. The summed E-state index contributed by atoms with van der Waals surface area (Å²) in [4.78, 5) is 4.24. The molecule has 0 fully saturated rings. The van der Waals surface area contributed by atoms with Crippen LogP contribution in [0.4, 0.5) is 4.39 Å². The van der Waals surface area contributed by atoms with E-state index in [4.69, 9.17) is 4.74 Å². The molecule has 0 aromatic heterocycles. The van der Waals surface area contributed by atoms with Gasteiger partial charge in [0.15, 0.2) is 5.84 Å². The molecular formula is C16H16FIN2O2. The topological polar surface area (TPSA) is 53.8 Å². The van der Waals surface area contributed by atoms with Gasteiger partial charge >= 0.3 is 0 Å². The summed E-state index contributed by atoms with van der Waals surface area (Å²) in [5, 5.41) is 9.25. The fraction of sp³-hybridized carbons (Fsp3) is 0.188. The number of aliphatic imine (C=N–C) groups is 1. The molecule has 22 heavy (non-hydrogen) atoms. The maximum absolute atomic E-state index is 14.3. The van der Waals surface area contributed by atoms with Crippen LogP contribution in [0.5, 0.6) is 5.75 Å². The predicted octanol–water partition coefficient (Wildman–Crippen LogP) is 3.67. The first-order valence-corrected chi connectivity index (χ1v) is 7.67. The first kappa shape index (κ1) is 16.7. The third-order valence-corrected chi connectivity index (χ3v) is 4.54. The van der Waals surface area contributed by atoms with Gasteiger partial charge in [0.25, 0.3) is 0 Å². The maximum Gasteiger partial charge on any atom is 0.155 e. The molecule has 6 heteroatoms. The van der Waals surface area contributed by atoms with Crippen molar-refractivity contribution in [3.63, 3.8) is 0 Å². The number of nitrogens with one attached hydrogen (secondary N) is 1. The normalized spacial score (nSPS) is 11.4. The fourth-order valence-corrected chi connectivity index (χ4v) is 2.38. The number of hydrogen-bond acceptors (Lipinski definition) is 3. The zero-order chi connectivity index (χ0) is 16.1. The molecule has 0 radical (unpaired) electrons. The summed E-state index contributed by atoms with van der Waals surface area (Å²) in [5.74, 6) is 0.467. The summed E-state index contributed by atoms with van der Waals surface area (Å²) in [7, 11) is 1.60. The van der Waals surface area contributed by atoms with Crippen LogP contribution >= 0.6 is 22.6 Å². The molecule has 4 nitrogen and oxygen atoms in total. The van der Waals surface area contributed by atoms with E-state index >= 15 is 0 Å². The molecule has 2 aromatic carbocycles. The average Bonchev–Trinajstić information content (AvgIpc) is 2.55. The number of hydrogen-bond donors (Lipinski definition) is 2. The minimum atomic E-state index is -0.393. The van der Waals surface area contributed by atoms with Crippen molar-refractivity contribution < 1.29 is 14.3 Å². The van der Waals surface area contributed by atoms with E-state index in [2.05, 4.69) is 4.99 Å². The Morgan fingerprint density at radius 2 is 1.95 bits per heavy atom. The van der Waals surface area contributed by atoms with Gasteiger partial charge in [-0.2, -0.15) is 0 Å². The lowest BCUT2D eigenvalue weighted by atomic mass is 10.1. The summed E-state index contributed by atoms with van der Waals surface area (Å²) in [6, 6.07) is 10.8. The summed E-state index contributed by atoms with van der Waals surface area (Å²) < 4.78 is 19.9. The number of nitrogens with zero attached hydrogens (tertiary/aromatic N) is 1. The zero-order valence-electron chi connectivity index (χ0n) is 12.2. The van der Waals surface area contributed by atoms with Crippen molar-refractivity contribution in [1.82, 2.24) is 5.48 Å². The van der Waals surface area contributed by atoms with Crippen molar-refractivity contribution in [2.75, 3.05) is 7.11 Å². The predicted molar refractivity (Wildman–Crippen MR) is 92.0 cm³/mol. The molecule has 0 aliphatic heterocycles. The molecule has 0 saturated carbocycles. The summed E-state index contributed by atoms with van der Waals surface area (Å²) in [5.41, 5.74) is 3.99. The summed E-state index contributed by atoms with van der Waals surface area (Å²) in [6.45, 7) is 2.14. The van der Waals surface area contributed by atoms with Crippen molar-refractivity contribution in [3.8, 4) is 5.75 Å². The molecule has 2 rings (SSSR count). The van der Waals surface area contributed by atoms with E-state index in [0.29, 0.717) is 10.1 Å². The van der Waals surface area contributed by atoms with Gasteiger partial charge in [-0.3, -0.25) is 15.7 Å². The molecule has 0 aliphatic carbocycles. The molecular weight excluding hydrogens is 398 g/mol. The van der Waals surface area contributed by atoms with Gasteiger partial charge in [-0.25, -0.2) is 4.39 Å². The van der Waals surface area contributed by atoms with Crippen LogP contribution in [0.3, 0.4) is 0 Å². The number of hydroxylamine groups is 1. The van der Waals surface area contributed by atoms with Crippen LogP contribution in [0.1, 0.15) is 16.7 Å². The molecule has 0 bridgehead atoms. The number of halogens is 2. The summed E-state index contributed by atoms with van der Waals surface area (Å²) in [6.07, 6.45) is 0. The Kier molecular flexibility index (Phi) is 5.73. The minimum Gasteiger partial charge on any atom is -0.497 e. The van der Waals surface area contributed by atoms with Gasteiger partial charge in [0.2, 0.25) is 0 Å². The molecule has 116 valence electrons. The number of benzene rings is 2. The minimum absolute atomic E-state index is 0.103. The van der Waals surface area contributed by atoms with E-state index in [9.17, 15) is 9.60 Å². The van der Waals surface area contributed by atoms with Crippen molar-refractivity contribution in [2.45, 2.75) is 13.5 Å². The van der Waals surface area contributed by atoms with E-state index in [1.165, 1.54) is 0 Å². The molecule has 0 saturated heterocycles. The van der Waals surface area contributed by atoms with Crippen molar-refractivity contribution >= 4 is 28.4 Å². The Morgan fingerprint density at radius 1 is 1.27 bits per heavy atom. The van der Waals surface area contributed by atoms with Crippen LogP contribution < -0.4 is 10.2 Å². The molecule has 0 amide bonds. The van der Waals surface area contributed by atoms with Crippen LogP contribution in [-0.2, 0) is 6.54 Å². The Hall–Kier alpha value is -1.67. The summed E-state index contributed by atoms with van der Waals surface area (Å²) >= 11 is 1.94. The van der Waals surface area contributed by atoms with Crippen LogP contribution in [0, 0.1) is 16.3 Å². The number of ether oxygens (including phenoxy) is 1. The van der Waals surface area contributed by atoms with Crippen LogP contribution in [0.2, 0.25) is 0 Å². The van der Waals surface area contributed by atoms with Crippen LogP contribution in [0.25, 0.3) is 0 Å². The Morgan fingerprint density at radius 3 is 2.55 bits per heavy atom. The van der Waals surface area contributed by atoms with Gasteiger partial charge in [0, 0.05) is 0 Å². The molecule has 0 aliphatic rings. The van der Waals surface area contributed by atoms with Crippen molar-refractivity contribution in [1.29, 1.82) is 0 Å². The molecule has 0 atom stereocenters. The highest BCUT2D eigenvalue weighted by Gasteiger charge is 2.13. The SMILES string of the molecule is COc1ccc(CN=C(NO)c2ccc(C)c(I)c2F)cc1. The first-order chi connectivity index (χ1) is 10.6. The van der Waals surface area contributed by atoms with Gasteiger partial charge in [-0.15, -0.1) is 0 Å². The molecule has 2 N–H and O–H groups in total. The Balaban J connectivity index is 2.25. The largest absolute Gasteiger partial charge is 0.497 e. The van der Waals surface area contributed by atoms with Gasteiger partial charge in [0.1, 0.15) is 11.6 Å².